The van der Waals surface area contributed by atoms with Crippen molar-refractivity contribution in [3.05, 3.63) is 35.9 Å². The van der Waals surface area contributed by atoms with E-state index in [9.17, 15) is 27.6 Å². The van der Waals surface area contributed by atoms with E-state index < -0.39 is 36.2 Å². The third kappa shape index (κ3) is 6.10. The number of aryl methyl sites for hydroxylation is 1. The first-order valence-electron chi connectivity index (χ1n) is 8.06. The molecule has 2 rings (SSSR count). The zero-order valence-corrected chi connectivity index (χ0v) is 14.4. The second-order valence-corrected chi connectivity index (χ2v) is 5.59. The van der Waals surface area contributed by atoms with Gasteiger partial charge in [0, 0.05) is 25.5 Å². The number of rotatable bonds is 9. The number of hydrogen-bond acceptors (Lipinski definition) is 5. The molecule has 152 valence electrons. The number of aliphatic carboxylic acids is 1. The smallest absolute Gasteiger partial charge is 0.435 e. The molecule has 0 bridgehead atoms. The van der Waals surface area contributed by atoms with E-state index in [1.165, 1.54) is 16.9 Å². The number of carbonyl (C=O) groups excluding carboxylic acids is 2. The van der Waals surface area contributed by atoms with Crippen LogP contribution >= 0.6 is 0 Å². The molecule has 3 N–H and O–H groups in total. The van der Waals surface area contributed by atoms with Gasteiger partial charge in [0.1, 0.15) is 12.2 Å². The highest BCUT2D eigenvalue weighted by atomic mass is 19.4. The maximum absolute atomic E-state index is 12.4. The molecule has 13 heteroatoms. The fraction of sp³-hybridized carbons (Fsp3) is 0.400. The molecule has 0 radical (unpaired) electrons. The summed E-state index contributed by atoms with van der Waals surface area (Å²) in [4.78, 5) is 34.4. The Balaban J connectivity index is 1.73. The largest absolute Gasteiger partial charge is 0.481 e. The summed E-state index contributed by atoms with van der Waals surface area (Å²) in [5.74, 6) is -2.10. The molecule has 0 aliphatic heterocycles. The molecule has 0 saturated heterocycles. The summed E-state index contributed by atoms with van der Waals surface area (Å²) in [6, 6.07) is 2.19. The molecule has 0 atom stereocenters. The van der Waals surface area contributed by atoms with Crippen molar-refractivity contribution in [2.75, 3.05) is 13.1 Å². The van der Waals surface area contributed by atoms with E-state index in [4.69, 9.17) is 5.11 Å². The number of halogens is 3. The van der Waals surface area contributed by atoms with Gasteiger partial charge in [0.25, 0.3) is 5.91 Å². The molecule has 2 aromatic heterocycles. The van der Waals surface area contributed by atoms with Crippen LogP contribution in [-0.4, -0.2) is 55.5 Å². The Morgan fingerprint density at radius 1 is 1.14 bits per heavy atom. The molecule has 0 spiro atoms. The van der Waals surface area contributed by atoms with Crippen LogP contribution in [0.5, 0.6) is 0 Å². The minimum atomic E-state index is -4.58. The number of nitrogens with one attached hydrogen (secondary N) is 2. The molecule has 2 aromatic rings. The summed E-state index contributed by atoms with van der Waals surface area (Å²) < 4.78 is 39.4. The molecule has 0 aliphatic carbocycles. The molecule has 0 saturated carbocycles. The number of carboxylic acid groups (broad SMARTS) is 1. The molecule has 0 fully saturated rings. The lowest BCUT2D eigenvalue weighted by molar-refractivity contribution is -0.142. The van der Waals surface area contributed by atoms with E-state index in [0.717, 1.165) is 16.9 Å². The molecule has 2 amide bonds. The van der Waals surface area contributed by atoms with Crippen LogP contribution in [0.2, 0.25) is 0 Å². The summed E-state index contributed by atoms with van der Waals surface area (Å²) >= 11 is 0. The molecular formula is C15H17F3N6O4. The third-order valence-corrected chi connectivity index (χ3v) is 3.46. The van der Waals surface area contributed by atoms with Gasteiger partial charge in [-0.25, -0.2) is 0 Å². The number of amides is 2. The Hall–Kier alpha value is -3.38. The van der Waals surface area contributed by atoms with Gasteiger partial charge >= 0.3 is 12.1 Å². The lowest BCUT2D eigenvalue weighted by Crippen LogP contribution is -2.37. The van der Waals surface area contributed by atoms with E-state index in [2.05, 4.69) is 20.8 Å². The average Bonchev–Trinajstić information content (AvgIpc) is 3.25. The maximum Gasteiger partial charge on any atom is 0.435 e. The molecule has 0 aliphatic rings. The topological polar surface area (TPSA) is 131 Å². The Morgan fingerprint density at radius 3 is 2.50 bits per heavy atom. The monoisotopic (exact) mass is 402 g/mol. The molecular weight excluding hydrogens is 385 g/mol. The zero-order valence-electron chi connectivity index (χ0n) is 14.4. The van der Waals surface area contributed by atoms with Gasteiger partial charge in [-0.05, 0) is 12.1 Å². The fourth-order valence-electron chi connectivity index (χ4n) is 2.18. The number of nitrogens with zero attached hydrogens (tertiary/aromatic N) is 4. The Bertz CT molecular complexity index is 845. The normalized spacial score (nSPS) is 11.2. The highest BCUT2D eigenvalue weighted by Crippen LogP contribution is 2.27. The van der Waals surface area contributed by atoms with Crippen LogP contribution in [-0.2, 0) is 28.9 Å². The third-order valence-electron chi connectivity index (χ3n) is 3.46. The fourth-order valence-corrected chi connectivity index (χ4v) is 2.18. The van der Waals surface area contributed by atoms with E-state index >= 15 is 0 Å². The number of hydrogen-bond donors (Lipinski definition) is 3. The Labute approximate surface area is 156 Å². The second-order valence-electron chi connectivity index (χ2n) is 5.59. The first-order chi connectivity index (χ1) is 13.2. The van der Waals surface area contributed by atoms with Crippen LogP contribution in [0.4, 0.5) is 13.2 Å². The summed E-state index contributed by atoms with van der Waals surface area (Å²) in [6.07, 6.45) is -2.37. The quantitative estimate of drug-likeness (QED) is 0.511. The Kier molecular flexibility index (Phi) is 6.74. The van der Waals surface area contributed by atoms with Crippen molar-refractivity contribution >= 4 is 17.8 Å². The molecule has 0 unspecified atom stereocenters. The van der Waals surface area contributed by atoms with Gasteiger partial charge in [-0.3, -0.25) is 23.7 Å². The standard InChI is InChI=1S/C15H17F3N6O4/c16-15(17,18)11-2-7-23(22-11)9-12(25)19-5-6-20-14(28)10-1-4-21-24(10)8-3-13(26)27/h1-2,4,7H,3,5-6,8-9H2,(H,19,25)(H,20,28)(H,26,27). The summed E-state index contributed by atoms with van der Waals surface area (Å²) in [6.45, 7) is -0.263. The summed E-state index contributed by atoms with van der Waals surface area (Å²) in [5.41, 5.74) is -0.920. The van der Waals surface area contributed by atoms with Gasteiger partial charge in [0.05, 0.1) is 13.0 Å². The van der Waals surface area contributed by atoms with E-state index in [1.54, 1.807) is 0 Å². The lowest BCUT2D eigenvalue weighted by Gasteiger charge is -2.09. The van der Waals surface area contributed by atoms with Crippen molar-refractivity contribution in [1.29, 1.82) is 0 Å². The van der Waals surface area contributed by atoms with Crippen LogP contribution < -0.4 is 10.6 Å². The minimum absolute atomic E-state index is 0.0333. The second kappa shape index (κ2) is 9.01. The van der Waals surface area contributed by atoms with Gasteiger partial charge in [0.15, 0.2) is 5.69 Å². The minimum Gasteiger partial charge on any atom is -0.481 e. The maximum atomic E-state index is 12.4. The van der Waals surface area contributed by atoms with Crippen molar-refractivity contribution in [2.45, 2.75) is 25.7 Å². The van der Waals surface area contributed by atoms with Crippen molar-refractivity contribution in [1.82, 2.24) is 30.2 Å². The number of carbonyl (C=O) groups is 3. The van der Waals surface area contributed by atoms with Crippen molar-refractivity contribution in [2.24, 2.45) is 0 Å². The van der Waals surface area contributed by atoms with Crippen LogP contribution in [0.15, 0.2) is 24.5 Å². The summed E-state index contributed by atoms with van der Waals surface area (Å²) in [5, 5.41) is 20.8. The van der Waals surface area contributed by atoms with Gasteiger partial charge in [-0.1, -0.05) is 0 Å². The lowest BCUT2D eigenvalue weighted by atomic mass is 10.3. The SMILES string of the molecule is O=C(O)CCn1nccc1C(=O)NCCNC(=O)Cn1ccc(C(F)(F)F)n1. The van der Waals surface area contributed by atoms with Gasteiger partial charge < -0.3 is 15.7 Å². The summed E-state index contributed by atoms with van der Waals surface area (Å²) in [7, 11) is 0. The number of carboxylic acids is 1. The predicted molar refractivity (Wildman–Crippen MR) is 87.1 cm³/mol. The number of alkyl halides is 3. The first-order valence-corrected chi connectivity index (χ1v) is 8.06. The molecule has 2 heterocycles. The first kappa shape index (κ1) is 20.9. The van der Waals surface area contributed by atoms with Gasteiger partial charge in [0.2, 0.25) is 5.91 Å². The molecule has 10 nitrogen and oxygen atoms in total. The molecule has 0 aromatic carbocycles. The zero-order chi connectivity index (χ0) is 20.7. The highest BCUT2D eigenvalue weighted by molar-refractivity contribution is 5.92. The van der Waals surface area contributed by atoms with Crippen molar-refractivity contribution in [3.8, 4) is 0 Å². The van der Waals surface area contributed by atoms with E-state index in [-0.39, 0.29) is 31.7 Å². The van der Waals surface area contributed by atoms with Crippen LogP contribution in [0, 0.1) is 0 Å². The van der Waals surface area contributed by atoms with E-state index in [0.29, 0.717) is 0 Å². The molecule has 28 heavy (non-hydrogen) atoms. The predicted octanol–water partition coefficient (Wildman–Crippen LogP) is 0.119. The van der Waals surface area contributed by atoms with Gasteiger partial charge in [-0.15, -0.1) is 0 Å². The van der Waals surface area contributed by atoms with Crippen molar-refractivity contribution < 1.29 is 32.7 Å². The Morgan fingerprint density at radius 2 is 1.86 bits per heavy atom. The van der Waals surface area contributed by atoms with Crippen LogP contribution in [0.1, 0.15) is 22.6 Å². The number of aromatic nitrogens is 4. The van der Waals surface area contributed by atoms with Crippen molar-refractivity contribution in [3.63, 3.8) is 0 Å². The highest BCUT2D eigenvalue weighted by Gasteiger charge is 2.33. The average molecular weight is 402 g/mol. The van der Waals surface area contributed by atoms with Crippen LogP contribution in [0.25, 0.3) is 0 Å². The van der Waals surface area contributed by atoms with E-state index in [1.807, 2.05) is 0 Å². The van der Waals surface area contributed by atoms with Crippen LogP contribution in [0.3, 0.4) is 0 Å². The van der Waals surface area contributed by atoms with Gasteiger partial charge in [-0.2, -0.15) is 23.4 Å².